The van der Waals surface area contributed by atoms with Gasteiger partial charge in [0.2, 0.25) is 0 Å². The van der Waals surface area contributed by atoms with Crippen molar-refractivity contribution in [1.29, 1.82) is 0 Å². The maximum atomic E-state index is 6.41. The van der Waals surface area contributed by atoms with Crippen molar-refractivity contribution in [3.05, 3.63) is 59.7 Å². The molecule has 2 atom stereocenters. The summed E-state index contributed by atoms with van der Waals surface area (Å²) >= 11 is 0. The average Bonchev–Trinajstić information content (AvgIpc) is 2.76. The fourth-order valence-corrected chi connectivity index (χ4v) is 3.34. The average molecular weight is 311 g/mol. The Morgan fingerprint density at radius 2 is 1.65 bits per heavy atom. The predicted octanol–water partition coefficient (Wildman–Crippen LogP) is 4.08. The second-order valence-electron chi connectivity index (χ2n) is 6.35. The largest absolute Gasteiger partial charge is 0.493 e. The van der Waals surface area contributed by atoms with Crippen LogP contribution in [0.5, 0.6) is 11.5 Å². The van der Waals surface area contributed by atoms with E-state index in [1.54, 1.807) is 7.11 Å². The first-order valence-electron chi connectivity index (χ1n) is 8.23. The highest BCUT2D eigenvalue weighted by atomic mass is 16.5. The highest BCUT2D eigenvalue weighted by Gasteiger charge is 2.27. The molecule has 0 spiro atoms. The van der Waals surface area contributed by atoms with Crippen LogP contribution in [0.1, 0.15) is 30.1 Å². The van der Waals surface area contributed by atoms with Crippen LogP contribution in [-0.2, 0) is 6.42 Å². The van der Waals surface area contributed by atoms with E-state index < -0.39 is 0 Å². The summed E-state index contributed by atoms with van der Waals surface area (Å²) in [6, 6.07) is 17.1. The number of ether oxygens (including phenoxy) is 2. The molecule has 23 heavy (non-hydrogen) atoms. The molecular weight excluding hydrogens is 286 g/mol. The minimum absolute atomic E-state index is 0.0531. The third-order valence-corrected chi connectivity index (χ3v) is 4.70. The molecule has 0 radical (unpaired) electrons. The van der Waals surface area contributed by atoms with Crippen LogP contribution < -0.4 is 9.47 Å². The molecule has 0 aliphatic heterocycles. The Kier molecular flexibility index (Phi) is 4.87. The molecule has 3 nitrogen and oxygen atoms in total. The molecule has 2 aromatic carbocycles. The highest BCUT2D eigenvalue weighted by molar-refractivity contribution is 5.40. The molecule has 0 amide bonds. The molecule has 0 aromatic heterocycles. The van der Waals surface area contributed by atoms with Crippen molar-refractivity contribution >= 4 is 0 Å². The van der Waals surface area contributed by atoms with Gasteiger partial charge in [0.05, 0.1) is 7.11 Å². The van der Waals surface area contributed by atoms with Crippen LogP contribution in [0.2, 0.25) is 0 Å². The lowest BCUT2D eigenvalue weighted by molar-refractivity contribution is 0.142. The summed E-state index contributed by atoms with van der Waals surface area (Å²) in [5, 5.41) is 0. The third-order valence-electron chi connectivity index (χ3n) is 4.70. The first-order chi connectivity index (χ1) is 11.2. The van der Waals surface area contributed by atoms with Gasteiger partial charge in [-0.2, -0.15) is 0 Å². The van der Waals surface area contributed by atoms with Gasteiger partial charge in [-0.05, 0) is 50.2 Å². The lowest BCUT2D eigenvalue weighted by atomic mass is 10.0. The van der Waals surface area contributed by atoms with Gasteiger partial charge in [0.1, 0.15) is 6.10 Å². The molecule has 2 aromatic rings. The summed E-state index contributed by atoms with van der Waals surface area (Å²) in [4.78, 5) is 2.31. The number of hydrogen-bond acceptors (Lipinski definition) is 3. The van der Waals surface area contributed by atoms with Crippen molar-refractivity contribution < 1.29 is 9.47 Å². The highest BCUT2D eigenvalue weighted by Crippen LogP contribution is 2.37. The van der Waals surface area contributed by atoms with E-state index in [-0.39, 0.29) is 6.10 Å². The van der Waals surface area contributed by atoms with Crippen molar-refractivity contribution in [2.75, 3.05) is 21.2 Å². The molecule has 0 saturated carbocycles. The van der Waals surface area contributed by atoms with Crippen molar-refractivity contribution in [2.45, 2.75) is 31.4 Å². The standard InChI is InChI=1S/C20H25NO2/c1-21(2)16-13-12-15-8-4-5-9-17(15)20(14-16)23-19-11-7-6-10-18(19)22-3/h4-11,16,20H,12-14H2,1-3H3. The van der Waals surface area contributed by atoms with Gasteiger partial charge in [-0.25, -0.2) is 0 Å². The lowest BCUT2D eigenvalue weighted by Gasteiger charge is -2.27. The van der Waals surface area contributed by atoms with Crippen LogP contribution in [0.25, 0.3) is 0 Å². The van der Waals surface area contributed by atoms with Crippen LogP contribution in [0, 0.1) is 0 Å². The van der Waals surface area contributed by atoms with Crippen LogP contribution in [-0.4, -0.2) is 32.1 Å². The Morgan fingerprint density at radius 1 is 0.957 bits per heavy atom. The van der Waals surface area contributed by atoms with E-state index in [0.29, 0.717) is 6.04 Å². The summed E-state index contributed by atoms with van der Waals surface area (Å²) < 4.78 is 11.9. The van der Waals surface area contributed by atoms with Gasteiger partial charge >= 0.3 is 0 Å². The number of hydrogen-bond donors (Lipinski definition) is 0. The van der Waals surface area contributed by atoms with Gasteiger partial charge in [-0.3, -0.25) is 0 Å². The number of benzene rings is 2. The van der Waals surface area contributed by atoms with Gasteiger partial charge in [-0.1, -0.05) is 36.4 Å². The zero-order valence-corrected chi connectivity index (χ0v) is 14.2. The van der Waals surface area contributed by atoms with Gasteiger partial charge in [0, 0.05) is 12.5 Å². The Bertz CT molecular complexity index is 654. The van der Waals surface area contributed by atoms with Crippen molar-refractivity contribution in [3.8, 4) is 11.5 Å². The molecular formula is C20H25NO2. The summed E-state index contributed by atoms with van der Waals surface area (Å²) in [6.07, 6.45) is 3.31. The molecule has 3 rings (SSSR count). The smallest absolute Gasteiger partial charge is 0.162 e. The predicted molar refractivity (Wildman–Crippen MR) is 93.2 cm³/mol. The van der Waals surface area contributed by atoms with Crippen LogP contribution in [0.3, 0.4) is 0 Å². The molecule has 1 aliphatic rings. The monoisotopic (exact) mass is 311 g/mol. The minimum atomic E-state index is 0.0531. The molecule has 1 aliphatic carbocycles. The molecule has 2 unspecified atom stereocenters. The van der Waals surface area contributed by atoms with Crippen LogP contribution in [0.15, 0.2) is 48.5 Å². The van der Waals surface area contributed by atoms with Crippen molar-refractivity contribution in [2.24, 2.45) is 0 Å². The number of aryl methyl sites for hydroxylation is 1. The molecule has 0 fully saturated rings. The van der Waals surface area contributed by atoms with Crippen LogP contribution in [0.4, 0.5) is 0 Å². The Labute approximate surface area is 138 Å². The topological polar surface area (TPSA) is 21.7 Å². The molecule has 122 valence electrons. The normalized spacial score (nSPS) is 20.7. The SMILES string of the molecule is COc1ccccc1OC1CC(N(C)C)CCc2ccccc21. The molecule has 0 N–H and O–H groups in total. The summed E-state index contributed by atoms with van der Waals surface area (Å²) in [5.74, 6) is 1.60. The van der Waals surface area contributed by atoms with Crippen molar-refractivity contribution in [1.82, 2.24) is 4.90 Å². The van der Waals surface area contributed by atoms with E-state index in [1.165, 1.54) is 11.1 Å². The van der Waals surface area contributed by atoms with Gasteiger partial charge in [0.25, 0.3) is 0 Å². The molecule has 0 heterocycles. The first-order valence-corrected chi connectivity index (χ1v) is 8.23. The van der Waals surface area contributed by atoms with Gasteiger partial charge < -0.3 is 14.4 Å². The first kappa shape index (κ1) is 15.9. The Morgan fingerprint density at radius 3 is 2.39 bits per heavy atom. The molecule has 3 heteroatoms. The number of rotatable bonds is 4. The molecule has 0 bridgehead atoms. The number of methoxy groups -OCH3 is 1. The number of fused-ring (bicyclic) bond motifs is 1. The number of para-hydroxylation sites is 2. The fourth-order valence-electron chi connectivity index (χ4n) is 3.34. The third kappa shape index (κ3) is 3.50. The zero-order chi connectivity index (χ0) is 16.2. The van der Waals surface area contributed by atoms with Gasteiger partial charge in [0.15, 0.2) is 11.5 Å². The van der Waals surface area contributed by atoms with E-state index in [1.807, 2.05) is 24.3 Å². The van der Waals surface area contributed by atoms with Crippen LogP contribution >= 0.6 is 0 Å². The van der Waals surface area contributed by atoms with E-state index >= 15 is 0 Å². The summed E-state index contributed by atoms with van der Waals surface area (Å²) in [5.41, 5.74) is 2.71. The Balaban J connectivity index is 1.93. The zero-order valence-electron chi connectivity index (χ0n) is 14.2. The maximum Gasteiger partial charge on any atom is 0.162 e. The van der Waals surface area contributed by atoms with Crippen molar-refractivity contribution in [3.63, 3.8) is 0 Å². The Hall–Kier alpha value is -2.00. The quantitative estimate of drug-likeness (QED) is 0.794. The van der Waals surface area contributed by atoms with E-state index in [0.717, 1.165) is 30.8 Å². The lowest BCUT2D eigenvalue weighted by Crippen LogP contribution is -2.30. The van der Waals surface area contributed by atoms with Gasteiger partial charge in [-0.15, -0.1) is 0 Å². The summed E-state index contributed by atoms with van der Waals surface area (Å²) in [6.45, 7) is 0. The maximum absolute atomic E-state index is 6.41. The second-order valence-corrected chi connectivity index (χ2v) is 6.35. The molecule has 0 saturated heterocycles. The second kappa shape index (κ2) is 7.05. The minimum Gasteiger partial charge on any atom is -0.493 e. The van der Waals surface area contributed by atoms with E-state index in [4.69, 9.17) is 9.47 Å². The van der Waals surface area contributed by atoms with E-state index in [9.17, 15) is 0 Å². The number of nitrogens with zero attached hydrogens (tertiary/aromatic N) is 1. The van der Waals surface area contributed by atoms with E-state index in [2.05, 4.69) is 43.3 Å². The fraction of sp³-hybridized carbons (Fsp3) is 0.400. The summed E-state index contributed by atoms with van der Waals surface area (Å²) in [7, 11) is 5.99.